The maximum atomic E-state index is 14.7. The maximum absolute atomic E-state index is 14.7. The molecule has 0 aromatic heterocycles. The third-order valence-corrected chi connectivity index (χ3v) is 12.5. The summed E-state index contributed by atoms with van der Waals surface area (Å²) in [4.78, 5) is 12.9. The third kappa shape index (κ3) is 7.85. The van der Waals surface area contributed by atoms with Gasteiger partial charge < -0.3 is 28.1 Å². The Labute approximate surface area is 257 Å². The molecule has 1 N–H and O–H groups in total. The first-order chi connectivity index (χ1) is 21.3. The van der Waals surface area contributed by atoms with Crippen LogP contribution in [0.25, 0.3) is 11.1 Å². The quantitative estimate of drug-likeness (QED) is 0.0929. The molecule has 15 heteroatoms. The van der Waals surface area contributed by atoms with Crippen molar-refractivity contribution in [1.29, 1.82) is 0 Å². The fraction of sp³-hybridized carbons (Fsp3) is 0.367. The SMILES string of the molecule is C[C@@H]1COP(=O)(C(Nc2ccc(F)c(C(=O)CCCOc3ccc(-c4ccc(C(F)(F)F)cc4)cc3)c2)P2(=O)OC[C@@H](C)O2)O1. The van der Waals surface area contributed by atoms with Crippen molar-refractivity contribution in [3.8, 4) is 16.9 Å². The molecule has 0 spiro atoms. The third-order valence-electron chi connectivity index (χ3n) is 7.01. The largest absolute Gasteiger partial charge is 0.494 e. The fourth-order valence-electron chi connectivity index (χ4n) is 4.76. The molecule has 5 rings (SSSR count). The van der Waals surface area contributed by atoms with Gasteiger partial charge in [0.15, 0.2) is 5.78 Å². The highest BCUT2D eigenvalue weighted by molar-refractivity contribution is 7.73. The van der Waals surface area contributed by atoms with Crippen LogP contribution in [0.4, 0.5) is 23.2 Å². The molecule has 0 radical (unpaired) electrons. The van der Waals surface area contributed by atoms with E-state index in [0.717, 1.165) is 18.2 Å². The Morgan fingerprint density at radius 1 is 0.911 bits per heavy atom. The standard InChI is InChI=1S/C30H31F4NO8P2/c1-19-17-40-44(37,42-19)29(45(38)41-18-20(2)43-45)35-24-11-14-27(31)26(16-24)28(36)4-3-15-39-25-12-7-22(8-13-25)21-5-9-23(10-6-21)30(32,33)34/h5-14,16,19-20,29,35H,3-4,15,17-18H2,1-2H3/t19-,20-,29?,44?,45?/m1/s1. The summed E-state index contributed by atoms with van der Waals surface area (Å²) in [7, 11) is -8.07. The van der Waals surface area contributed by atoms with Crippen LogP contribution in [0.5, 0.6) is 5.75 Å². The molecule has 0 bridgehead atoms. The number of anilines is 1. The molecule has 3 aromatic rings. The molecule has 2 fully saturated rings. The van der Waals surface area contributed by atoms with E-state index in [1.165, 1.54) is 24.3 Å². The topological polar surface area (TPSA) is 109 Å². The Bertz CT molecular complexity index is 1580. The number of Topliss-reactive ketones (excluding diaryl/α,β-unsaturated/α-hetero) is 1. The smallest absolute Gasteiger partial charge is 0.416 e. The zero-order valence-corrected chi connectivity index (χ0v) is 26.1. The Kier molecular flexibility index (Phi) is 9.89. The lowest BCUT2D eigenvalue weighted by molar-refractivity contribution is -0.137. The minimum atomic E-state index is -4.41. The van der Waals surface area contributed by atoms with Crippen LogP contribution in [-0.4, -0.2) is 43.3 Å². The summed E-state index contributed by atoms with van der Waals surface area (Å²) < 4.78 is 108. The summed E-state index contributed by atoms with van der Waals surface area (Å²) in [6, 6.07) is 15.1. The first-order valence-electron chi connectivity index (χ1n) is 14.1. The normalized spacial score (nSPS) is 25.6. The Morgan fingerprint density at radius 3 is 1.98 bits per heavy atom. The van der Waals surface area contributed by atoms with Gasteiger partial charge in [0.05, 0.1) is 43.2 Å². The molecule has 2 heterocycles. The highest BCUT2D eigenvalue weighted by Crippen LogP contribution is 2.73. The van der Waals surface area contributed by atoms with Crippen molar-refractivity contribution >= 4 is 26.7 Å². The second-order valence-corrected chi connectivity index (χ2v) is 15.2. The lowest BCUT2D eigenvalue weighted by Gasteiger charge is -2.27. The number of carbonyl (C=O) groups is 1. The van der Waals surface area contributed by atoms with E-state index in [1.807, 2.05) is 0 Å². The van der Waals surface area contributed by atoms with Crippen LogP contribution >= 0.6 is 15.2 Å². The predicted molar refractivity (Wildman–Crippen MR) is 158 cm³/mol. The summed E-state index contributed by atoms with van der Waals surface area (Å²) in [5.74, 6) is -0.803. The zero-order valence-electron chi connectivity index (χ0n) is 24.3. The van der Waals surface area contributed by atoms with Gasteiger partial charge in [0.25, 0.3) is 0 Å². The van der Waals surface area contributed by atoms with E-state index >= 15 is 0 Å². The first-order valence-corrected chi connectivity index (χ1v) is 17.3. The number of ketones is 1. The molecule has 0 amide bonds. The number of hydrogen-bond donors (Lipinski definition) is 1. The van der Waals surface area contributed by atoms with Gasteiger partial charge in [0.2, 0.25) is 5.52 Å². The highest BCUT2D eigenvalue weighted by Gasteiger charge is 2.57. The van der Waals surface area contributed by atoms with E-state index < -0.39 is 56.3 Å². The van der Waals surface area contributed by atoms with Crippen LogP contribution in [0.1, 0.15) is 42.6 Å². The van der Waals surface area contributed by atoms with Crippen LogP contribution < -0.4 is 10.1 Å². The number of alkyl halides is 3. The van der Waals surface area contributed by atoms with Gasteiger partial charge in [-0.15, -0.1) is 0 Å². The minimum Gasteiger partial charge on any atom is -0.494 e. The van der Waals surface area contributed by atoms with Crippen LogP contribution in [0, 0.1) is 5.82 Å². The van der Waals surface area contributed by atoms with Crippen LogP contribution in [0.3, 0.4) is 0 Å². The molecular formula is C30H31F4NO8P2. The monoisotopic (exact) mass is 671 g/mol. The lowest BCUT2D eigenvalue weighted by Crippen LogP contribution is -2.22. The van der Waals surface area contributed by atoms with E-state index in [2.05, 4.69) is 5.32 Å². The van der Waals surface area contributed by atoms with Crippen molar-refractivity contribution in [3.05, 3.63) is 83.7 Å². The van der Waals surface area contributed by atoms with Gasteiger partial charge in [-0.25, -0.2) is 4.39 Å². The molecule has 3 aromatic carbocycles. The number of nitrogens with one attached hydrogen (secondary N) is 1. The molecule has 2 aliphatic rings. The predicted octanol–water partition coefficient (Wildman–Crippen LogP) is 8.51. The van der Waals surface area contributed by atoms with Crippen LogP contribution in [0.2, 0.25) is 0 Å². The molecule has 4 atom stereocenters. The lowest BCUT2D eigenvalue weighted by atomic mass is 10.0. The Morgan fingerprint density at radius 2 is 1.47 bits per heavy atom. The Balaban J connectivity index is 1.18. The number of benzene rings is 3. The number of carbonyl (C=O) groups excluding carboxylic acids is 1. The van der Waals surface area contributed by atoms with Crippen molar-refractivity contribution in [3.63, 3.8) is 0 Å². The average Bonchev–Trinajstić information content (AvgIpc) is 3.54. The second-order valence-electron chi connectivity index (χ2n) is 10.7. The number of halogens is 4. The van der Waals surface area contributed by atoms with Crippen LogP contribution in [0.15, 0.2) is 66.7 Å². The highest BCUT2D eigenvalue weighted by atomic mass is 31.2. The van der Waals surface area contributed by atoms with Gasteiger partial charge in [-0.2, -0.15) is 13.2 Å². The zero-order chi connectivity index (χ0) is 32.4. The Hall–Kier alpha value is -3.05. The molecule has 0 saturated carbocycles. The molecule has 2 saturated heterocycles. The van der Waals surface area contributed by atoms with Gasteiger partial charge >= 0.3 is 21.4 Å². The number of hydrogen-bond acceptors (Lipinski definition) is 9. The average molecular weight is 672 g/mol. The molecule has 9 nitrogen and oxygen atoms in total. The summed E-state index contributed by atoms with van der Waals surface area (Å²) in [6.45, 7) is 3.43. The summed E-state index contributed by atoms with van der Waals surface area (Å²) in [6.07, 6.45) is -5.28. The van der Waals surface area contributed by atoms with Gasteiger partial charge in [-0.3, -0.25) is 13.9 Å². The molecule has 2 unspecified atom stereocenters. The van der Waals surface area contributed by atoms with Gasteiger partial charge in [0.1, 0.15) is 11.6 Å². The minimum absolute atomic E-state index is 0.00350. The van der Waals surface area contributed by atoms with Gasteiger partial charge in [-0.1, -0.05) is 24.3 Å². The summed E-state index contributed by atoms with van der Waals surface area (Å²) >= 11 is 0. The number of ether oxygens (including phenoxy) is 1. The van der Waals surface area contributed by atoms with Crippen molar-refractivity contribution in [2.24, 2.45) is 0 Å². The van der Waals surface area contributed by atoms with E-state index in [4.69, 9.17) is 22.8 Å². The fourth-order valence-corrected chi connectivity index (χ4v) is 10.1. The number of rotatable bonds is 11. The molecule has 242 valence electrons. The van der Waals surface area contributed by atoms with E-state index in [-0.39, 0.29) is 43.9 Å². The molecule has 45 heavy (non-hydrogen) atoms. The summed E-state index contributed by atoms with van der Waals surface area (Å²) in [5, 5.41) is 2.80. The van der Waals surface area contributed by atoms with Crippen LogP contribution in [-0.2, 0) is 33.4 Å². The summed E-state index contributed by atoms with van der Waals surface area (Å²) in [5.41, 5.74) is -1.05. The van der Waals surface area contributed by atoms with Gasteiger partial charge in [-0.05, 0) is 73.9 Å². The molecule has 2 aliphatic heterocycles. The van der Waals surface area contributed by atoms with E-state index in [9.17, 15) is 31.5 Å². The first kappa shape index (κ1) is 33.3. The van der Waals surface area contributed by atoms with E-state index in [1.54, 1.807) is 38.1 Å². The van der Waals surface area contributed by atoms with Crippen molar-refractivity contribution in [2.75, 3.05) is 25.1 Å². The maximum Gasteiger partial charge on any atom is 0.416 e. The molecular weight excluding hydrogens is 640 g/mol. The van der Waals surface area contributed by atoms with Crippen molar-refractivity contribution < 1.29 is 54.3 Å². The molecule has 0 aliphatic carbocycles. The van der Waals surface area contributed by atoms with Gasteiger partial charge in [0, 0.05) is 12.1 Å². The van der Waals surface area contributed by atoms with Crippen molar-refractivity contribution in [1.82, 2.24) is 0 Å². The van der Waals surface area contributed by atoms with Crippen molar-refractivity contribution in [2.45, 2.75) is 50.6 Å². The van der Waals surface area contributed by atoms with E-state index in [0.29, 0.717) is 16.9 Å². The second kappa shape index (κ2) is 13.4.